The van der Waals surface area contributed by atoms with Crippen LogP contribution in [0, 0.1) is 5.41 Å². The number of hydrogen-bond acceptors (Lipinski definition) is 1. The van der Waals surface area contributed by atoms with E-state index in [0.717, 1.165) is 0 Å². The zero-order chi connectivity index (χ0) is 15.3. The van der Waals surface area contributed by atoms with Crippen LogP contribution < -0.4 is 0 Å². The third-order valence-corrected chi connectivity index (χ3v) is 10.6. The van der Waals surface area contributed by atoms with E-state index in [1.165, 1.54) is 5.56 Å². The van der Waals surface area contributed by atoms with E-state index in [4.69, 9.17) is 0 Å². The van der Waals surface area contributed by atoms with E-state index < -0.39 is 8.24 Å². The Labute approximate surface area is 124 Å². The van der Waals surface area contributed by atoms with Crippen LogP contribution in [0.25, 0.3) is 0 Å². The van der Waals surface area contributed by atoms with Crippen LogP contribution in [0.4, 0.5) is 0 Å². The first-order chi connectivity index (χ1) is 9.01. The third kappa shape index (κ3) is 2.03. The summed E-state index contributed by atoms with van der Waals surface area (Å²) in [6.07, 6.45) is 0. The lowest BCUT2D eigenvalue weighted by Gasteiger charge is -2.62. The molecule has 1 aliphatic rings. The Balaban J connectivity index is 2.46. The average Bonchev–Trinajstić information content (AvgIpc) is 2.34. The molecule has 1 amide bonds. The second-order valence-electron chi connectivity index (χ2n) is 8.02. The SMILES string of the molecule is CC1(C)C(=O)N([Si](C)(C)C(C)(C)C)C1c1ccccc1. The van der Waals surface area contributed by atoms with E-state index >= 15 is 0 Å². The molecule has 0 bridgehead atoms. The number of carbonyl (C=O) groups is 1. The molecule has 3 heteroatoms. The molecule has 1 aromatic rings. The van der Waals surface area contributed by atoms with Crippen molar-refractivity contribution < 1.29 is 4.79 Å². The van der Waals surface area contributed by atoms with Gasteiger partial charge in [0.1, 0.15) is 0 Å². The summed E-state index contributed by atoms with van der Waals surface area (Å²) >= 11 is 0. The predicted molar refractivity (Wildman–Crippen MR) is 87.0 cm³/mol. The normalized spacial score (nSPS) is 22.6. The first-order valence-electron chi connectivity index (χ1n) is 7.40. The van der Waals surface area contributed by atoms with Crippen molar-refractivity contribution in [2.45, 2.75) is 58.8 Å². The smallest absolute Gasteiger partial charge is 0.223 e. The van der Waals surface area contributed by atoms with Gasteiger partial charge in [-0.2, -0.15) is 0 Å². The summed E-state index contributed by atoms with van der Waals surface area (Å²) in [6.45, 7) is 15.6. The summed E-state index contributed by atoms with van der Waals surface area (Å²) in [6, 6.07) is 10.7. The topological polar surface area (TPSA) is 20.3 Å². The summed E-state index contributed by atoms with van der Waals surface area (Å²) < 4.78 is 2.22. The number of benzene rings is 1. The third-order valence-electron chi connectivity index (χ3n) is 5.26. The first kappa shape index (κ1) is 15.3. The van der Waals surface area contributed by atoms with Gasteiger partial charge >= 0.3 is 0 Å². The van der Waals surface area contributed by atoms with E-state index in [1.54, 1.807) is 0 Å². The Kier molecular flexibility index (Phi) is 3.41. The quantitative estimate of drug-likeness (QED) is 0.575. The van der Waals surface area contributed by atoms with Gasteiger partial charge in [0.25, 0.3) is 0 Å². The Hall–Kier alpha value is -1.09. The molecule has 1 unspecified atom stereocenters. The molecule has 0 aliphatic carbocycles. The minimum Gasteiger partial charge on any atom is -0.361 e. The Morgan fingerprint density at radius 1 is 1.10 bits per heavy atom. The predicted octanol–water partition coefficient (Wildman–Crippen LogP) is 4.60. The second kappa shape index (κ2) is 4.45. The van der Waals surface area contributed by atoms with Crippen molar-refractivity contribution in [3.8, 4) is 0 Å². The highest BCUT2D eigenvalue weighted by Gasteiger charge is 2.61. The summed E-state index contributed by atoms with van der Waals surface area (Å²) in [7, 11) is -1.84. The van der Waals surface area contributed by atoms with E-state index in [1.807, 2.05) is 6.07 Å². The molecule has 1 aromatic carbocycles. The maximum atomic E-state index is 12.7. The van der Waals surface area contributed by atoms with Crippen LogP contribution in [-0.4, -0.2) is 18.7 Å². The number of β-lactam (4-membered cyclic amide) rings is 1. The van der Waals surface area contributed by atoms with Gasteiger partial charge < -0.3 is 4.57 Å². The lowest BCUT2D eigenvalue weighted by atomic mass is 9.73. The molecule has 1 atom stereocenters. The molecule has 0 N–H and O–H groups in total. The Morgan fingerprint density at radius 2 is 1.60 bits per heavy atom. The molecule has 1 heterocycles. The van der Waals surface area contributed by atoms with Crippen molar-refractivity contribution in [3.63, 3.8) is 0 Å². The van der Waals surface area contributed by atoms with Crippen molar-refractivity contribution in [1.29, 1.82) is 0 Å². The molecule has 2 nitrogen and oxygen atoms in total. The lowest BCUT2D eigenvalue weighted by Crippen LogP contribution is -2.71. The highest BCUT2D eigenvalue weighted by atomic mass is 28.3. The van der Waals surface area contributed by atoms with Gasteiger partial charge in [-0.1, -0.05) is 64.2 Å². The van der Waals surface area contributed by atoms with E-state index in [2.05, 4.69) is 76.5 Å². The first-order valence-corrected chi connectivity index (χ1v) is 10.3. The highest BCUT2D eigenvalue weighted by molar-refractivity contribution is 6.80. The fourth-order valence-corrected chi connectivity index (χ4v) is 5.58. The van der Waals surface area contributed by atoms with Crippen LogP contribution in [0.1, 0.15) is 46.2 Å². The zero-order valence-electron chi connectivity index (χ0n) is 13.8. The van der Waals surface area contributed by atoms with Gasteiger partial charge in [-0.15, -0.1) is 0 Å². The van der Waals surface area contributed by atoms with E-state index in [-0.39, 0.29) is 16.5 Å². The number of carbonyl (C=O) groups excluding carboxylic acids is 1. The zero-order valence-corrected chi connectivity index (χ0v) is 14.8. The molecular formula is C17H27NOSi. The second-order valence-corrected chi connectivity index (χ2v) is 13.1. The van der Waals surface area contributed by atoms with Gasteiger partial charge in [0.15, 0.2) is 8.24 Å². The minimum absolute atomic E-state index is 0.173. The summed E-state index contributed by atoms with van der Waals surface area (Å²) in [5.41, 5.74) is 0.985. The van der Waals surface area contributed by atoms with Crippen molar-refractivity contribution in [2.75, 3.05) is 0 Å². The monoisotopic (exact) mass is 289 g/mol. The molecule has 110 valence electrons. The number of hydrogen-bond donors (Lipinski definition) is 0. The van der Waals surface area contributed by atoms with Crippen LogP contribution in [0.3, 0.4) is 0 Å². The van der Waals surface area contributed by atoms with Gasteiger partial charge in [-0.3, -0.25) is 4.79 Å². The fourth-order valence-electron chi connectivity index (χ4n) is 2.94. The molecule has 1 aliphatic heterocycles. The van der Waals surface area contributed by atoms with E-state index in [0.29, 0.717) is 5.91 Å². The van der Waals surface area contributed by atoms with Gasteiger partial charge in [0.2, 0.25) is 5.91 Å². The van der Waals surface area contributed by atoms with Crippen molar-refractivity contribution in [1.82, 2.24) is 4.57 Å². The highest BCUT2D eigenvalue weighted by Crippen LogP contribution is 2.55. The molecule has 20 heavy (non-hydrogen) atoms. The molecule has 0 saturated carbocycles. The number of amides is 1. The Morgan fingerprint density at radius 3 is 2.05 bits per heavy atom. The van der Waals surface area contributed by atoms with Gasteiger partial charge in [-0.25, -0.2) is 0 Å². The van der Waals surface area contributed by atoms with Crippen LogP contribution in [0.5, 0.6) is 0 Å². The number of nitrogens with zero attached hydrogens (tertiary/aromatic N) is 1. The van der Waals surface area contributed by atoms with Gasteiger partial charge in [-0.05, 0) is 24.4 Å². The number of rotatable bonds is 2. The standard InChI is InChI=1S/C17H27NOSi/c1-16(2,3)20(6,7)18-14(17(4,5)15(18)19)13-11-9-8-10-12-13/h8-12,14H,1-7H3. The summed E-state index contributed by atoms with van der Waals surface area (Å²) in [4.78, 5) is 12.7. The molecular weight excluding hydrogens is 262 g/mol. The van der Waals surface area contributed by atoms with Crippen molar-refractivity contribution in [3.05, 3.63) is 35.9 Å². The average molecular weight is 289 g/mol. The fraction of sp³-hybridized carbons (Fsp3) is 0.588. The maximum Gasteiger partial charge on any atom is 0.223 e. The Bertz CT molecular complexity index is 514. The molecule has 0 radical (unpaired) electrons. The lowest BCUT2D eigenvalue weighted by molar-refractivity contribution is -0.159. The minimum atomic E-state index is -1.84. The van der Waals surface area contributed by atoms with Crippen molar-refractivity contribution >= 4 is 14.1 Å². The van der Waals surface area contributed by atoms with Crippen LogP contribution in [0.2, 0.25) is 18.1 Å². The maximum absolute atomic E-state index is 12.7. The van der Waals surface area contributed by atoms with Crippen LogP contribution in [-0.2, 0) is 4.79 Å². The molecule has 2 rings (SSSR count). The molecule has 1 fully saturated rings. The van der Waals surface area contributed by atoms with Crippen LogP contribution in [0.15, 0.2) is 30.3 Å². The molecule has 1 saturated heterocycles. The summed E-state index contributed by atoms with van der Waals surface area (Å²) in [5, 5.41) is 0.173. The summed E-state index contributed by atoms with van der Waals surface area (Å²) in [5.74, 6) is 0.318. The van der Waals surface area contributed by atoms with E-state index in [9.17, 15) is 4.79 Å². The van der Waals surface area contributed by atoms with Gasteiger partial charge in [0, 0.05) is 0 Å². The van der Waals surface area contributed by atoms with Gasteiger partial charge in [0.05, 0.1) is 11.5 Å². The largest absolute Gasteiger partial charge is 0.361 e. The molecule has 0 aromatic heterocycles. The van der Waals surface area contributed by atoms with Crippen molar-refractivity contribution in [2.24, 2.45) is 5.41 Å². The van der Waals surface area contributed by atoms with Crippen LogP contribution >= 0.6 is 0 Å². The molecule has 0 spiro atoms.